The van der Waals surface area contributed by atoms with Gasteiger partial charge in [0.2, 0.25) is 0 Å². The Morgan fingerprint density at radius 2 is 2.14 bits per heavy atom. The molecule has 0 amide bonds. The van der Waals surface area contributed by atoms with E-state index in [1.807, 2.05) is 6.92 Å². The summed E-state index contributed by atoms with van der Waals surface area (Å²) in [5.74, 6) is 0.844. The van der Waals surface area contributed by atoms with Gasteiger partial charge >= 0.3 is 5.97 Å². The van der Waals surface area contributed by atoms with Gasteiger partial charge in [0, 0.05) is 0 Å². The van der Waals surface area contributed by atoms with Gasteiger partial charge in [-0.05, 0) is 32.4 Å². The van der Waals surface area contributed by atoms with Crippen LogP contribution in [0.3, 0.4) is 0 Å². The molecule has 1 aliphatic rings. The van der Waals surface area contributed by atoms with Crippen LogP contribution in [0.1, 0.15) is 33.1 Å². The monoisotopic (exact) mass is 199 g/mol. The Morgan fingerprint density at radius 3 is 2.64 bits per heavy atom. The molecule has 1 saturated carbocycles. The molecule has 0 atom stereocenters. The highest BCUT2D eigenvalue weighted by Crippen LogP contribution is 2.32. The molecule has 0 saturated heterocycles. The molecule has 0 radical (unpaired) electrons. The number of carbonyl (C=O) groups excluding carboxylic acids is 1. The Bertz CT molecular complexity index is 178. The molecule has 3 nitrogen and oxygen atoms in total. The van der Waals surface area contributed by atoms with Gasteiger partial charge in [0.05, 0.1) is 13.2 Å². The fraction of sp³-hybridized carbons (Fsp3) is 0.909. The molecule has 0 aromatic carbocycles. The highest BCUT2D eigenvalue weighted by atomic mass is 16.5. The number of esters is 1. The third-order valence-corrected chi connectivity index (χ3v) is 2.66. The zero-order valence-electron chi connectivity index (χ0n) is 9.29. The van der Waals surface area contributed by atoms with Gasteiger partial charge in [0.15, 0.2) is 0 Å². The molecule has 14 heavy (non-hydrogen) atoms. The molecular formula is C11H21NO2. The lowest BCUT2D eigenvalue weighted by atomic mass is 10.3. The van der Waals surface area contributed by atoms with Gasteiger partial charge in [0.1, 0.15) is 0 Å². The van der Waals surface area contributed by atoms with Crippen molar-refractivity contribution >= 4 is 5.97 Å². The van der Waals surface area contributed by atoms with Crippen LogP contribution < -0.4 is 0 Å². The number of rotatable bonds is 7. The zero-order valence-corrected chi connectivity index (χ0v) is 9.29. The van der Waals surface area contributed by atoms with Crippen LogP contribution in [0.25, 0.3) is 0 Å². The van der Waals surface area contributed by atoms with E-state index in [-0.39, 0.29) is 5.97 Å². The molecule has 1 fully saturated rings. The van der Waals surface area contributed by atoms with Crippen LogP contribution in [-0.4, -0.2) is 37.1 Å². The minimum absolute atomic E-state index is 0.0925. The van der Waals surface area contributed by atoms with E-state index in [0.717, 1.165) is 19.0 Å². The maximum absolute atomic E-state index is 11.2. The van der Waals surface area contributed by atoms with Gasteiger partial charge in [0.25, 0.3) is 0 Å². The molecule has 0 heterocycles. The topological polar surface area (TPSA) is 29.5 Å². The molecule has 1 aliphatic carbocycles. The smallest absolute Gasteiger partial charge is 0.320 e. The van der Waals surface area contributed by atoms with Crippen LogP contribution in [0.2, 0.25) is 0 Å². The minimum atomic E-state index is -0.0925. The highest BCUT2D eigenvalue weighted by molar-refractivity contribution is 5.71. The molecular weight excluding hydrogens is 178 g/mol. The summed E-state index contributed by atoms with van der Waals surface area (Å²) >= 11 is 0. The van der Waals surface area contributed by atoms with Crippen molar-refractivity contribution in [3.63, 3.8) is 0 Å². The summed E-state index contributed by atoms with van der Waals surface area (Å²) in [5.41, 5.74) is 0. The van der Waals surface area contributed by atoms with Gasteiger partial charge in [-0.3, -0.25) is 9.69 Å². The lowest BCUT2D eigenvalue weighted by Gasteiger charge is -2.18. The van der Waals surface area contributed by atoms with E-state index in [0.29, 0.717) is 13.2 Å². The normalized spacial score (nSPS) is 15.9. The summed E-state index contributed by atoms with van der Waals surface area (Å²) in [5, 5.41) is 0. The number of hydrogen-bond acceptors (Lipinski definition) is 3. The predicted molar refractivity (Wildman–Crippen MR) is 56.1 cm³/mol. The Balaban J connectivity index is 2.12. The molecule has 0 bridgehead atoms. The first-order valence-corrected chi connectivity index (χ1v) is 5.64. The first-order chi connectivity index (χ1) is 6.76. The molecule has 0 unspecified atom stereocenters. The summed E-state index contributed by atoms with van der Waals surface area (Å²) in [7, 11) is 0. The van der Waals surface area contributed by atoms with Crippen molar-refractivity contribution < 1.29 is 9.53 Å². The van der Waals surface area contributed by atoms with Crippen molar-refractivity contribution in [1.29, 1.82) is 0 Å². The molecule has 0 aromatic heterocycles. The maximum atomic E-state index is 11.2. The van der Waals surface area contributed by atoms with Crippen molar-refractivity contribution in [3.05, 3.63) is 0 Å². The average Bonchev–Trinajstić information content (AvgIpc) is 2.96. The molecule has 0 aliphatic heterocycles. The zero-order chi connectivity index (χ0) is 10.4. The third kappa shape index (κ3) is 4.61. The average molecular weight is 199 g/mol. The first-order valence-electron chi connectivity index (χ1n) is 5.64. The number of ether oxygens (including phenoxy) is 1. The van der Waals surface area contributed by atoms with Gasteiger partial charge in [-0.15, -0.1) is 0 Å². The van der Waals surface area contributed by atoms with E-state index in [4.69, 9.17) is 4.74 Å². The van der Waals surface area contributed by atoms with Crippen LogP contribution >= 0.6 is 0 Å². The standard InChI is InChI=1S/C11H21NO2/c1-3-12(8-7-10-5-6-10)9-11(13)14-4-2/h10H,3-9H2,1-2H3. The quantitative estimate of drug-likeness (QED) is 0.584. The van der Waals surface area contributed by atoms with Gasteiger partial charge in [-0.25, -0.2) is 0 Å². The van der Waals surface area contributed by atoms with Crippen LogP contribution in [0.4, 0.5) is 0 Å². The van der Waals surface area contributed by atoms with Crippen LogP contribution in [0.15, 0.2) is 0 Å². The second-order valence-corrected chi connectivity index (χ2v) is 3.91. The Labute approximate surface area is 86.4 Å². The lowest BCUT2D eigenvalue weighted by Crippen LogP contribution is -2.32. The van der Waals surface area contributed by atoms with E-state index in [2.05, 4.69) is 11.8 Å². The van der Waals surface area contributed by atoms with E-state index in [9.17, 15) is 4.79 Å². The Morgan fingerprint density at radius 1 is 1.43 bits per heavy atom. The summed E-state index contributed by atoms with van der Waals surface area (Å²) in [4.78, 5) is 13.4. The van der Waals surface area contributed by atoms with E-state index < -0.39 is 0 Å². The van der Waals surface area contributed by atoms with E-state index in [1.165, 1.54) is 19.3 Å². The number of carbonyl (C=O) groups is 1. The Kier molecular flexibility index (Phi) is 4.94. The second kappa shape index (κ2) is 6.02. The second-order valence-electron chi connectivity index (χ2n) is 3.91. The van der Waals surface area contributed by atoms with Crippen molar-refractivity contribution in [2.45, 2.75) is 33.1 Å². The van der Waals surface area contributed by atoms with Crippen LogP contribution in [-0.2, 0) is 9.53 Å². The first kappa shape index (κ1) is 11.5. The largest absolute Gasteiger partial charge is 0.465 e. The van der Waals surface area contributed by atoms with Crippen LogP contribution in [0.5, 0.6) is 0 Å². The molecule has 3 heteroatoms. The molecule has 1 rings (SSSR count). The summed E-state index contributed by atoms with van der Waals surface area (Å²) < 4.78 is 4.92. The van der Waals surface area contributed by atoms with Gasteiger partial charge in [-0.2, -0.15) is 0 Å². The highest BCUT2D eigenvalue weighted by Gasteiger charge is 2.22. The van der Waals surface area contributed by atoms with E-state index >= 15 is 0 Å². The summed E-state index contributed by atoms with van der Waals surface area (Å²) in [6.45, 7) is 6.85. The van der Waals surface area contributed by atoms with E-state index in [1.54, 1.807) is 0 Å². The summed E-state index contributed by atoms with van der Waals surface area (Å²) in [6.07, 6.45) is 4.02. The van der Waals surface area contributed by atoms with Crippen molar-refractivity contribution in [2.24, 2.45) is 5.92 Å². The molecule has 0 N–H and O–H groups in total. The van der Waals surface area contributed by atoms with Gasteiger partial charge < -0.3 is 4.74 Å². The minimum Gasteiger partial charge on any atom is -0.465 e. The van der Waals surface area contributed by atoms with Crippen molar-refractivity contribution in [1.82, 2.24) is 4.90 Å². The van der Waals surface area contributed by atoms with Crippen LogP contribution in [0, 0.1) is 5.92 Å². The number of hydrogen-bond donors (Lipinski definition) is 0. The SMILES string of the molecule is CCOC(=O)CN(CC)CCC1CC1. The maximum Gasteiger partial charge on any atom is 0.320 e. The molecule has 82 valence electrons. The van der Waals surface area contributed by atoms with Crippen molar-refractivity contribution in [3.8, 4) is 0 Å². The fourth-order valence-electron chi connectivity index (χ4n) is 1.51. The van der Waals surface area contributed by atoms with Gasteiger partial charge in [-0.1, -0.05) is 19.8 Å². The number of likely N-dealkylation sites (N-methyl/N-ethyl adjacent to an activating group) is 1. The molecule has 0 aromatic rings. The predicted octanol–water partition coefficient (Wildman–Crippen LogP) is 1.67. The number of nitrogens with zero attached hydrogens (tertiary/aromatic N) is 1. The lowest BCUT2D eigenvalue weighted by molar-refractivity contribution is -0.144. The molecule has 0 spiro atoms. The summed E-state index contributed by atoms with van der Waals surface area (Å²) in [6, 6.07) is 0. The fourth-order valence-corrected chi connectivity index (χ4v) is 1.51. The third-order valence-electron chi connectivity index (χ3n) is 2.66. The van der Waals surface area contributed by atoms with Crippen molar-refractivity contribution in [2.75, 3.05) is 26.2 Å². The Hall–Kier alpha value is -0.570.